The van der Waals surface area contributed by atoms with E-state index >= 15 is 0 Å². The second-order valence-electron chi connectivity index (χ2n) is 4.72. The number of carbonyl (C=O) groups excluding carboxylic acids is 1. The van der Waals surface area contributed by atoms with Crippen molar-refractivity contribution >= 4 is 23.1 Å². The molecule has 98 valence electrons. The number of carbonyl (C=O) groups is 1. The summed E-state index contributed by atoms with van der Waals surface area (Å²) in [5, 5.41) is 9.75. The first-order chi connectivity index (χ1) is 8.63. The van der Waals surface area contributed by atoms with Crippen LogP contribution in [0.5, 0.6) is 0 Å². The third-order valence-corrected chi connectivity index (χ3v) is 3.82. The van der Waals surface area contributed by atoms with Crippen LogP contribution in [-0.4, -0.2) is 30.1 Å². The van der Waals surface area contributed by atoms with Gasteiger partial charge in [0.05, 0.1) is 17.3 Å². The lowest BCUT2D eigenvalue weighted by Gasteiger charge is -2.39. The zero-order valence-electron chi connectivity index (χ0n) is 10.5. The second-order valence-corrected chi connectivity index (χ2v) is 5.13. The molecule has 0 heterocycles. The predicted octanol–water partition coefficient (Wildman–Crippen LogP) is 2.89. The Hall–Kier alpha value is -1.06. The van der Waals surface area contributed by atoms with Crippen LogP contribution in [0.4, 0.5) is 5.69 Å². The van der Waals surface area contributed by atoms with Gasteiger partial charge in [-0.15, -0.1) is 0 Å². The van der Waals surface area contributed by atoms with E-state index in [4.69, 9.17) is 16.7 Å². The quantitative estimate of drug-likeness (QED) is 0.834. The minimum absolute atomic E-state index is 0.0146. The van der Waals surface area contributed by atoms with E-state index < -0.39 is 0 Å². The Morgan fingerprint density at radius 3 is 2.67 bits per heavy atom. The minimum Gasteiger partial charge on any atom is -0.395 e. The van der Waals surface area contributed by atoms with Gasteiger partial charge in [0.2, 0.25) is 0 Å². The van der Waals surface area contributed by atoms with Crippen molar-refractivity contribution in [1.29, 1.82) is 0 Å². The number of rotatable bonds is 5. The monoisotopic (exact) mass is 267 g/mol. The van der Waals surface area contributed by atoms with Crippen molar-refractivity contribution in [3.05, 3.63) is 28.8 Å². The van der Waals surface area contributed by atoms with Crippen LogP contribution in [-0.2, 0) is 0 Å². The Bertz CT molecular complexity index is 443. The predicted molar refractivity (Wildman–Crippen MR) is 73.5 cm³/mol. The first-order valence-corrected chi connectivity index (χ1v) is 6.69. The van der Waals surface area contributed by atoms with Gasteiger partial charge >= 0.3 is 0 Å². The molecule has 0 radical (unpaired) electrons. The summed E-state index contributed by atoms with van der Waals surface area (Å²) in [7, 11) is 0. The summed E-state index contributed by atoms with van der Waals surface area (Å²) >= 11 is 6.25. The summed E-state index contributed by atoms with van der Waals surface area (Å²) < 4.78 is 0. The van der Waals surface area contributed by atoms with Crippen molar-refractivity contribution in [2.75, 3.05) is 18.1 Å². The molecule has 1 aliphatic rings. The smallest absolute Gasteiger partial charge is 0.159 e. The van der Waals surface area contributed by atoms with Crippen molar-refractivity contribution in [1.82, 2.24) is 0 Å². The van der Waals surface area contributed by atoms with Crippen LogP contribution >= 0.6 is 11.6 Å². The Kier molecular flexibility index (Phi) is 4.25. The zero-order valence-corrected chi connectivity index (χ0v) is 11.3. The van der Waals surface area contributed by atoms with Gasteiger partial charge in [0.1, 0.15) is 0 Å². The number of nitrogens with zero attached hydrogens (tertiary/aromatic N) is 1. The Morgan fingerprint density at radius 2 is 2.22 bits per heavy atom. The third kappa shape index (κ3) is 2.68. The van der Waals surface area contributed by atoms with Crippen molar-refractivity contribution in [3.8, 4) is 0 Å². The van der Waals surface area contributed by atoms with Gasteiger partial charge in [0.25, 0.3) is 0 Å². The molecule has 1 aromatic rings. The Labute approximate surface area is 112 Å². The Balaban J connectivity index is 2.26. The number of halogens is 1. The van der Waals surface area contributed by atoms with Crippen LogP contribution in [0.2, 0.25) is 5.02 Å². The lowest BCUT2D eigenvalue weighted by molar-refractivity contribution is 0.101. The van der Waals surface area contributed by atoms with Gasteiger partial charge in [0.15, 0.2) is 5.78 Å². The van der Waals surface area contributed by atoms with Gasteiger partial charge in [-0.1, -0.05) is 11.6 Å². The maximum absolute atomic E-state index is 11.3. The lowest BCUT2D eigenvalue weighted by atomic mass is 9.91. The van der Waals surface area contributed by atoms with Crippen LogP contribution in [0.3, 0.4) is 0 Å². The summed E-state index contributed by atoms with van der Waals surface area (Å²) in [6.45, 7) is 2.23. The molecule has 2 rings (SSSR count). The third-order valence-electron chi connectivity index (χ3n) is 3.52. The van der Waals surface area contributed by atoms with Crippen LogP contribution in [0.15, 0.2) is 18.2 Å². The molecule has 4 heteroatoms. The van der Waals surface area contributed by atoms with Gasteiger partial charge in [-0.3, -0.25) is 4.79 Å². The number of ketones is 1. The highest BCUT2D eigenvalue weighted by Gasteiger charge is 2.26. The molecule has 1 aromatic carbocycles. The van der Waals surface area contributed by atoms with Crippen LogP contribution in [0.1, 0.15) is 36.5 Å². The van der Waals surface area contributed by atoms with E-state index in [9.17, 15) is 4.79 Å². The van der Waals surface area contributed by atoms with E-state index in [0.717, 1.165) is 18.5 Å². The van der Waals surface area contributed by atoms with E-state index in [1.807, 2.05) is 6.07 Å². The standard InChI is InChI=1S/C14H18ClNO2/c1-10(18)11-5-6-14(13(15)9-11)16(7-8-17)12-3-2-4-12/h5-6,9,12,17H,2-4,7-8H2,1H3. The molecule has 0 aliphatic heterocycles. The molecule has 0 spiro atoms. The zero-order chi connectivity index (χ0) is 13.1. The first kappa shape index (κ1) is 13.4. The van der Waals surface area contributed by atoms with Gasteiger partial charge in [-0.25, -0.2) is 0 Å². The molecular formula is C14H18ClNO2. The summed E-state index contributed by atoms with van der Waals surface area (Å²) in [5.74, 6) is 0.0146. The van der Waals surface area contributed by atoms with Crippen LogP contribution in [0, 0.1) is 0 Å². The van der Waals surface area contributed by atoms with E-state index in [1.54, 1.807) is 12.1 Å². The maximum atomic E-state index is 11.3. The van der Waals surface area contributed by atoms with Crippen molar-refractivity contribution < 1.29 is 9.90 Å². The highest BCUT2D eigenvalue weighted by atomic mass is 35.5. The summed E-state index contributed by atoms with van der Waals surface area (Å²) in [5.41, 5.74) is 1.54. The van der Waals surface area contributed by atoms with Gasteiger partial charge in [-0.05, 0) is 44.4 Å². The summed E-state index contributed by atoms with van der Waals surface area (Å²) in [6.07, 6.45) is 3.52. The molecule has 3 nitrogen and oxygen atoms in total. The SMILES string of the molecule is CC(=O)c1ccc(N(CCO)C2CCC2)c(Cl)c1. The number of aliphatic hydroxyl groups excluding tert-OH is 1. The van der Waals surface area contributed by atoms with Gasteiger partial charge in [-0.2, -0.15) is 0 Å². The Morgan fingerprint density at radius 1 is 1.50 bits per heavy atom. The fourth-order valence-corrected chi connectivity index (χ4v) is 2.55. The van der Waals surface area contributed by atoms with Gasteiger partial charge < -0.3 is 10.0 Å². The summed E-state index contributed by atoms with van der Waals surface area (Å²) in [4.78, 5) is 13.4. The fourth-order valence-electron chi connectivity index (χ4n) is 2.26. The molecule has 0 aromatic heterocycles. The van der Waals surface area contributed by atoms with E-state index in [0.29, 0.717) is 23.2 Å². The molecule has 1 aliphatic carbocycles. The number of benzene rings is 1. The maximum Gasteiger partial charge on any atom is 0.159 e. The number of aliphatic hydroxyl groups is 1. The van der Waals surface area contributed by atoms with Crippen molar-refractivity contribution in [3.63, 3.8) is 0 Å². The molecule has 1 saturated carbocycles. The topological polar surface area (TPSA) is 40.5 Å². The van der Waals surface area contributed by atoms with E-state index in [1.165, 1.54) is 13.3 Å². The molecule has 1 N–H and O–H groups in total. The summed E-state index contributed by atoms with van der Waals surface area (Å²) in [6, 6.07) is 5.86. The van der Waals surface area contributed by atoms with Gasteiger partial charge in [0, 0.05) is 18.2 Å². The number of hydrogen-bond donors (Lipinski definition) is 1. The largest absolute Gasteiger partial charge is 0.395 e. The van der Waals surface area contributed by atoms with Crippen molar-refractivity contribution in [2.24, 2.45) is 0 Å². The molecule has 0 unspecified atom stereocenters. The lowest BCUT2D eigenvalue weighted by Crippen LogP contribution is -2.42. The molecule has 0 bridgehead atoms. The van der Waals surface area contributed by atoms with E-state index in [2.05, 4.69) is 4.90 Å². The molecule has 0 atom stereocenters. The average Bonchev–Trinajstić information content (AvgIpc) is 2.26. The highest BCUT2D eigenvalue weighted by Crippen LogP contribution is 2.34. The second kappa shape index (κ2) is 5.72. The average molecular weight is 268 g/mol. The van der Waals surface area contributed by atoms with Crippen molar-refractivity contribution in [2.45, 2.75) is 32.2 Å². The normalized spacial score (nSPS) is 15.3. The highest BCUT2D eigenvalue weighted by molar-refractivity contribution is 6.33. The number of anilines is 1. The first-order valence-electron chi connectivity index (χ1n) is 6.31. The van der Waals surface area contributed by atoms with Crippen LogP contribution in [0.25, 0.3) is 0 Å². The molecule has 18 heavy (non-hydrogen) atoms. The number of hydrogen-bond acceptors (Lipinski definition) is 3. The number of Topliss-reactive ketones (excluding diaryl/α,β-unsaturated/α-hetero) is 1. The minimum atomic E-state index is 0.0146. The molecule has 1 fully saturated rings. The fraction of sp³-hybridized carbons (Fsp3) is 0.500. The molecule has 0 saturated heterocycles. The van der Waals surface area contributed by atoms with E-state index in [-0.39, 0.29) is 12.4 Å². The molecule has 0 amide bonds. The molecular weight excluding hydrogens is 250 g/mol. The van der Waals surface area contributed by atoms with Crippen LogP contribution < -0.4 is 4.90 Å².